The summed E-state index contributed by atoms with van der Waals surface area (Å²) in [5.74, 6) is 1.42. The lowest BCUT2D eigenvalue weighted by molar-refractivity contribution is 0.101. The number of hydrogen-bond acceptors (Lipinski definition) is 3. The van der Waals surface area contributed by atoms with Gasteiger partial charge in [0.2, 0.25) is 5.78 Å². The number of carbonyl (C=O) groups excluding carboxylic acids is 1. The molecule has 4 heteroatoms. The average molecular weight is 291 g/mol. The number of Topliss-reactive ketones (excluding diaryl/α,β-unsaturated/α-hetero) is 1. The standard InChI is InChI=1S/C18H13NO3/c1-21-12-6-7-14-16(9-12)22-17(18(14)20)8-11-10-19-15-5-3-2-4-13(11)15/h2-10,19H,1H3. The molecule has 1 aliphatic heterocycles. The van der Waals surface area contributed by atoms with Crippen LogP contribution in [0.2, 0.25) is 0 Å². The lowest BCUT2D eigenvalue weighted by Crippen LogP contribution is -1.97. The summed E-state index contributed by atoms with van der Waals surface area (Å²) in [6.45, 7) is 0. The summed E-state index contributed by atoms with van der Waals surface area (Å²) in [6, 6.07) is 13.1. The van der Waals surface area contributed by atoms with Gasteiger partial charge in [0.15, 0.2) is 5.76 Å². The van der Waals surface area contributed by atoms with Crippen molar-refractivity contribution in [3.8, 4) is 11.5 Å². The molecule has 0 bridgehead atoms. The van der Waals surface area contributed by atoms with E-state index in [1.807, 2.05) is 30.5 Å². The Morgan fingerprint density at radius 2 is 2.05 bits per heavy atom. The zero-order valence-electron chi connectivity index (χ0n) is 11.9. The molecule has 4 rings (SSSR count). The Morgan fingerprint density at radius 3 is 2.91 bits per heavy atom. The maximum atomic E-state index is 12.4. The van der Waals surface area contributed by atoms with Crippen molar-refractivity contribution in [1.29, 1.82) is 0 Å². The molecule has 0 unspecified atom stereocenters. The third-order valence-corrected chi connectivity index (χ3v) is 3.78. The minimum Gasteiger partial charge on any atom is -0.497 e. The molecule has 0 radical (unpaired) electrons. The normalized spacial score (nSPS) is 15.1. The van der Waals surface area contributed by atoms with Gasteiger partial charge in [0.25, 0.3) is 0 Å². The minimum absolute atomic E-state index is 0.108. The Morgan fingerprint density at radius 1 is 1.18 bits per heavy atom. The van der Waals surface area contributed by atoms with Gasteiger partial charge in [0, 0.05) is 28.7 Å². The first-order valence-corrected chi connectivity index (χ1v) is 6.94. The van der Waals surface area contributed by atoms with Crippen molar-refractivity contribution in [2.75, 3.05) is 7.11 Å². The fourth-order valence-corrected chi connectivity index (χ4v) is 2.65. The molecule has 0 fully saturated rings. The molecule has 4 nitrogen and oxygen atoms in total. The van der Waals surface area contributed by atoms with Crippen LogP contribution in [-0.4, -0.2) is 17.9 Å². The van der Waals surface area contributed by atoms with Gasteiger partial charge in [-0.15, -0.1) is 0 Å². The lowest BCUT2D eigenvalue weighted by Gasteiger charge is -2.01. The number of ether oxygens (including phenoxy) is 2. The maximum absolute atomic E-state index is 12.4. The van der Waals surface area contributed by atoms with Crippen LogP contribution in [-0.2, 0) is 0 Å². The highest BCUT2D eigenvalue weighted by Crippen LogP contribution is 2.35. The SMILES string of the molecule is COc1ccc2c(c1)OC(=Cc1c[nH]c3ccccc13)C2=O. The van der Waals surface area contributed by atoms with Crippen molar-refractivity contribution in [2.24, 2.45) is 0 Å². The number of para-hydroxylation sites is 1. The van der Waals surface area contributed by atoms with E-state index in [2.05, 4.69) is 4.98 Å². The van der Waals surface area contributed by atoms with Gasteiger partial charge >= 0.3 is 0 Å². The van der Waals surface area contributed by atoms with Gasteiger partial charge in [0.05, 0.1) is 12.7 Å². The van der Waals surface area contributed by atoms with Crippen molar-refractivity contribution < 1.29 is 14.3 Å². The van der Waals surface area contributed by atoms with Crippen molar-refractivity contribution >= 4 is 22.8 Å². The van der Waals surface area contributed by atoms with Crippen LogP contribution in [0.3, 0.4) is 0 Å². The van der Waals surface area contributed by atoms with E-state index in [-0.39, 0.29) is 5.78 Å². The lowest BCUT2D eigenvalue weighted by atomic mass is 10.1. The van der Waals surface area contributed by atoms with Crippen LogP contribution in [0.1, 0.15) is 15.9 Å². The zero-order valence-corrected chi connectivity index (χ0v) is 11.9. The third-order valence-electron chi connectivity index (χ3n) is 3.78. The molecule has 108 valence electrons. The number of H-pyrrole nitrogens is 1. The van der Waals surface area contributed by atoms with Crippen molar-refractivity contribution in [1.82, 2.24) is 4.98 Å². The Labute approximate surface area is 127 Å². The number of carbonyl (C=O) groups is 1. The molecule has 0 aliphatic carbocycles. The van der Waals surface area contributed by atoms with E-state index < -0.39 is 0 Å². The number of methoxy groups -OCH3 is 1. The van der Waals surface area contributed by atoms with E-state index in [1.165, 1.54) is 0 Å². The summed E-state index contributed by atoms with van der Waals surface area (Å²) in [5.41, 5.74) is 2.52. The predicted molar refractivity (Wildman–Crippen MR) is 84.2 cm³/mol. The van der Waals surface area contributed by atoms with E-state index in [1.54, 1.807) is 31.4 Å². The zero-order chi connectivity index (χ0) is 15.1. The highest BCUT2D eigenvalue weighted by molar-refractivity contribution is 6.15. The molecule has 0 saturated carbocycles. The minimum atomic E-state index is -0.108. The Kier molecular flexibility index (Phi) is 2.76. The average Bonchev–Trinajstić information content (AvgIpc) is 3.10. The molecule has 0 saturated heterocycles. The highest BCUT2D eigenvalue weighted by Gasteiger charge is 2.27. The van der Waals surface area contributed by atoms with Crippen molar-refractivity contribution in [2.45, 2.75) is 0 Å². The summed E-state index contributed by atoms with van der Waals surface area (Å²) in [5, 5.41) is 1.06. The van der Waals surface area contributed by atoms with Gasteiger partial charge in [-0.3, -0.25) is 4.79 Å². The smallest absolute Gasteiger partial charge is 0.231 e. The second-order valence-corrected chi connectivity index (χ2v) is 5.09. The molecule has 1 aliphatic rings. The number of benzene rings is 2. The van der Waals surface area contributed by atoms with Crippen molar-refractivity contribution in [3.63, 3.8) is 0 Å². The maximum Gasteiger partial charge on any atom is 0.231 e. The van der Waals surface area contributed by atoms with Crippen LogP contribution in [0, 0.1) is 0 Å². The molecule has 1 N–H and O–H groups in total. The van der Waals surface area contributed by atoms with E-state index in [4.69, 9.17) is 9.47 Å². The van der Waals surface area contributed by atoms with Crippen molar-refractivity contribution in [3.05, 3.63) is 65.5 Å². The number of aromatic nitrogens is 1. The first kappa shape index (κ1) is 12.7. The molecule has 22 heavy (non-hydrogen) atoms. The molecule has 2 heterocycles. The number of rotatable bonds is 2. The number of nitrogens with one attached hydrogen (secondary N) is 1. The summed E-state index contributed by atoms with van der Waals surface area (Å²) >= 11 is 0. The molecule has 0 amide bonds. The topological polar surface area (TPSA) is 51.3 Å². The highest BCUT2D eigenvalue weighted by atomic mass is 16.5. The molecule has 0 spiro atoms. The second-order valence-electron chi connectivity index (χ2n) is 5.09. The van der Waals surface area contributed by atoms with Crippen LogP contribution >= 0.6 is 0 Å². The Balaban J connectivity index is 1.77. The summed E-state index contributed by atoms with van der Waals surface area (Å²) in [6.07, 6.45) is 3.64. The number of ketones is 1. The number of aromatic amines is 1. The van der Waals surface area contributed by atoms with Crippen LogP contribution in [0.15, 0.2) is 54.4 Å². The number of hydrogen-bond donors (Lipinski definition) is 1. The number of fused-ring (bicyclic) bond motifs is 2. The fraction of sp³-hybridized carbons (Fsp3) is 0.0556. The third kappa shape index (κ3) is 1.89. The van der Waals surface area contributed by atoms with Gasteiger partial charge in [-0.25, -0.2) is 0 Å². The quantitative estimate of drug-likeness (QED) is 0.731. The fourth-order valence-electron chi connectivity index (χ4n) is 2.65. The first-order valence-electron chi connectivity index (χ1n) is 6.94. The van der Waals surface area contributed by atoms with E-state index in [9.17, 15) is 4.79 Å². The summed E-state index contributed by atoms with van der Waals surface area (Å²) in [7, 11) is 1.58. The van der Waals surface area contributed by atoms with Gasteiger partial charge in [0.1, 0.15) is 11.5 Å². The Bertz CT molecular complexity index is 921. The number of allylic oxidation sites excluding steroid dienone is 1. The van der Waals surface area contributed by atoms with Crippen LogP contribution in [0.4, 0.5) is 0 Å². The monoisotopic (exact) mass is 291 g/mol. The molecular weight excluding hydrogens is 278 g/mol. The van der Waals surface area contributed by atoms with E-state index in [0.29, 0.717) is 22.8 Å². The second kappa shape index (κ2) is 4.77. The Hall–Kier alpha value is -3.01. The first-order chi connectivity index (χ1) is 10.8. The van der Waals surface area contributed by atoms with Crippen LogP contribution in [0.25, 0.3) is 17.0 Å². The predicted octanol–water partition coefficient (Wildman–Crippen LogP) is 3.79. The molecule has 3 aromatic rings. The molecular formula is C18H13NO3. The van der Waals surface area contributed by atoms with Gasteiger partial charge in [-0.05, 0) is 24.3 Å². The van der Waals surface area contributed by atoms with Gasteiger partial charge in [-0.2, -0.15) is 0 Å². The van der Waals surface area contributed by atoms with Crippen LogP contribution < -0.4 is 9.47 Å². The molecule has 1 aromatic heterocycles. The molecule has 0 atom stereocenters. The molecule has 2 aromatic carbocycles. The van der Waals surface area contributed by atoms with E-state index >= 15 is 0 Å². The van der Waals surface area contributed by atoms with Crippen LogP contribution in [0.5, 0.6) is 11.5 Å². The van der Waals surface area contributed by atoms with E-state index in [0.717, 1.165) is 16.5 Å². The summed E-state index contributed by atoms with van der Waals surface area (Å²) in [4.78, 5) is 15.6. The van der Waals surface area contributed by atoms with Gasteiger partial charge in [-0.1, -0.05) is 18.2 Å². The largest absolute Gasteiger partial charge is 0.497 e. The summed E-state index contributed by atoms with van der Waals surface area (Å²) < 4.78 is 10.9. The van der Waals surface area contributed by atoms with Gasteiger partial charge < -0.3 is 14.5 Å².